The molecule has 1 heterocycles. The number of anilines is 1. The molecule has 0 spiro atoms. The topological polar surface area (TPSA) is 42.0 Å². The number of amides is 1. The van der Waals surface area contributed by atoms with Crippen LogP contribution in [0.2, 0.25) is 5.02 Å². The van der Waals surface area contributed by atoms with Gasteiger partial charge in [-0.05, 0) is 36.4 Å². The minimum Gasteiger partial charge on any atom is -0.497 e. The Bertz CT molecular complexity index is 713. The van der Waals surface area contributed by atoms with Crippen LogP contribution >= 0.6 is 11.6 Å². The number of ether oxygens (including phenoxy) is 2. The summed E-state index contributed by atoms with van der Waals surface area (Å²) in [5, 5.41) is 0.646. The molecule has 0 atom stereocenters. The van der Waals surface area contributed by atoms with Gasteiger partial charge in [0, 0.05) is 43.0 Å². The summed E-state index contributed by atoms with van der Waals surface area (Å²) < 4.78 is 10.8. The second kappa shape index (κ2) is 8.12. The van der Waals surface area contributed by atoms with Crippen molar-refractivity contribution in [3.63, 3.8) is 0 Å². The number of carbonyl (C=O) groups excluding carboxylic acids is 1. The summed E-state index contributed by atoms with van der Waals surface area (Å²) in [6.07, 6.45) is 0. The zero-order valence-corrected chi connectivity index (χ0v) is 14.9. The Morgan fingerprint density at radius 2 is 1.76 bits per heavy atom. The van der Waals surface area contributed by atoms with E-state index in [4.69, 9.17) is 21.1 Å². The summed E-state index contributed by atoms with van der Waals surface area (Å²) in [5.41, 5.74) is 1.11. The zero-order chi connectivity index (χ0) is 17.6. The van der Waals surface area contributed by atoms with Gasteiger partial charge in [-0.3, -0.25) is 4.79 Å². The summed E-state index contributed by atoms with van der Waals surface area (Å²) in [7, 11) is 1.66. The average Bonchev–Trinajstić information content (AvgIpc) is 2.67. The number of halogens is 1. The van der Waals surface area contributed by atoms with Crippen molar-refractivity contribution in [2.24, 2.45) is 0 Å². The van der Waals surface area contributed by atoms with E-state index in [1.165, 1.54) is 0 Å². The highest BCUT2D eigenvalue weighted by atomic mass is 35.5. The second-order valence-corrected chi connectivity index (χ2v) is 6.25. The third-order valence-corrected chi connectivity index (χ3v) is 4.48. The Morgan fingerprint density at radius 3 is 2.44 bits per heavy atom. The molecular weight excluding hydrogens is 340 g/mol. The van der Waals surface area contributed by atoms with Crippen LogP contribution in [0.4, 0.5) is 5.69 Å². The first kappa shape index (κ1) is 17.4. The smallest absolute Gasteiger partial charge is 0.260 e. The van der Waals surface area contributed by atoms with Crippen molar-refractivity contribution in [2.75, 3.05) is 44.8 Å². The molecule has 2 aromatic rings. The van der Waals surface area contributed by atoms with E-state index in [9.17, 15) is 4.79 Å². The van der Waals surface area contributed by atoms with Gasteiger partial charge in [0.05, 0.1) is 7.11 Å². The predicted octanol–water partition coefficient (Wildman–Crippen LogP) is 3.08. The van der Waals surface area contributed by atoms with Gasteiger partial charge in [0.25, 0.3) is 5.91 Å². The van der Waals surface area contributed by atoms with Crippen LogP contribution in [0.1, 0.15) is 0 Å². The molecule has 0 saturated carbocycles. The maximum Gasteiger partial charge on any atom is 0.260 e. The van der Waals surface area contributed by atoms with Gasteiger partial charge in [0.2, 0.25) is 0 Å². The quantitative estimate of drug-likeness (QED) is 0.821. The van der Waals surface area contributed by atoms with Crippen LogP contribution in [-0.2, 0) is 4.79 Å². The highest BCUT2D eigenvalue weighted by Crippen LogP contribution is 2.22. The van der Waals surface area contributed by atoms with Gasteiger partial charge in [-0.2, -0.15) is 0 Å². The monoisotopic (exact) mass is 360 g/mol. The molecule has 1 saturated heterocycles. The molecule has 1 amide bonds. The molecule has 0 N–H and O–H groups in total. The summed E-state index contributed by atoms with van der Waals surface area (Å²) >= 11 is 5.84. The third kappa shape index (κ3) is 4.57. The first-order valence-corrected chi connectivity index (χ1v) is 8.58. The van der Waals surface area contributed by atoms with Gasteiger partial charge in [-0.15, -0.1) is 0 Å². The molecule has 1 aliphatic heterocycles. The van der Waals surface area contributed by atoms with Gasteiger partial charge in [-0.1, -0.05) is 17.7 Å². The largest absolute Gasteiger partial charge is 0.497 e. The van der Waals surface area contributed by atoms with Gasteiger partial charge >= 0.3 is 0 Å². The highest BCUT2D eigenvalue weighted by Gasteiger charge is 2.21. The first-order chi connectivity index (χ1) is 12.2. The van der Waals surface area contributed by atoms with Crippen molar-refractivity contribution in [1.82, 2.24) is 4.90 Å². The van der Waals surface area contributed by atoms with Crippen LogP contribution in [-0.4, -0.2) is 50.7 Å². The molecule has 0 aromatic heterocycles. The Labute approximate surface area is 152 Å². The molecule has 5 nitrogen and oxygen atoms in total. The van der Waals surface area contributed by atoms with Crippen LogP contribution in [0.15, 0.2) is 48.5 Å². The predicted molar refractivity (Wildman–Crippen MR) is 98.7 cm³/mol. The lowest BCUT2D eigenvalue weighted by Crippen LogP contribution is -2.50. The van der Waals surface area contributed by atoms with Crippen molar-refractivity contribution in [2.45, 2.75) is 0 Å². The van der Waals surface area contributed by atoms with E-state index < -0.39 is 0 Å². The van der Waals surface area contributed by atoms with E-state index in [1.807, 2.05) is 23.1 Å². The van der Waals surface area contributed by atoms with Crippen molar-refractivity contribution in [3.8, 4) is 11.5 Å². The lowest BCUT2D eigenvalue weighted by Gasteiger charge is -2.36. The first-order valence-electron chi connectivity index (χ1n) is 8.21. The van der Waals surface area contributed by atoms with E-state index in [0.29, 0.717) is 23.9 Å². The van der Waals surface area contributed by atoms with E-state index in [1.54, 1.807) is 31.4 Å². The number of hydrogen-bond donors (Lipinski definition) is 0. The average molecular weight is 361 g/mol. The lowest BCUT2D eigenvalue weighted by molar-refractivity contribution is -0.133. The van der Waals surface area contributed by atoms with Gasteiger partial charge in [-0.25, -0.2) is 0 Å². The van der Waals surface area contributed by atoms with Crippen LogP contribution in [0, 0.1) is 0 Å². The molecule has 3 rings (SSSR count). The molecule has 1 aliphatic rings. The van der Waals surface area contributed by atoms with Gasteiger partial charge in [0.15, 0.2) is 6.61 Å². The van der Waals surface area contributed by atoms with E-state index >= 15 is 0 Å². The number of piperazine rings is 1. The number of carbonyl (C=O) groups is 1. The molecule has 2 aromatic carbocycles. The molecule has 0 aliphatic carbocycles. The van der Waals surface area contributed by atoms with Gasteiger partial charge in [0.1, 0.15) is 11.5 Å². The number of methoxy groups -OCH3 is 1. The Morgan fingerprint density at radius 1 is 1.04 bits per heavy atom. The molecular formula is C19H21ClN2O3. The van der Waals surface area contributed by atoms with Crippen molar-refractivity contribution in [3.05, 3.63) is 53.6 Å². The number of nitrogens with zero attached hydrogens (tertiary/aromatic N) is 2. The normalized spacial score (nSPS) is 14.3. The minimum absolute atomic E-state index is 0.000224. The SMILES string of the molecule is COc1cccc(N2CCN(C(=O)COc3ccc(Cl)cc3)CC2)c1. The maximum atomic E-state index is 12.3. The highest BCUT2D eigenvalue weighted by molar-refractivity contribution is 6.30. The number of benzene rings is 2. The van der Waals surface area contributed by atoms with Crippen LogP contribution < -0.4 is 14.4 Å². The molecule has 0 bridgehead atoms. The second-order valence-electron chi connectivity index (χ2n) is 5.81. The number of rotatable bonds is 5. The lowest BCUT2D eigenvalue weighted by atomic mass is 10.2. The minimum atomic E-state index is 0.000224. The van der Waals surface area contributed by atoms with Crippen LogP contribution in [0.3, 0.4) is 0 Å². The standard InChI is InChI=1S/C19H21ClN2O3/c1-24-18-4-2-3-16(13-18)21-9-11-22(12-10-21)19(23)14-25-17-7-5-15(20)6-8-17/h2-8,13H,9-12,14H2,1H3. The maximum absolute atomic E-state index is 12.3. The summed E-state index contributed by atoms with van der Waals surface area (Å²) in [6, 6.07) is 15.0. The van der Waals surface area contributed by atoms with Crippen molar-refractivity contribution in [1.29, 1.82) is 0 Å². The molecule has 0 unspecified atom stereocenters. The van der Waals surface area contributed by atoms with Crippen molar-refractivity contribution >= 4 is 23.2 Å². The molecule has 0 radical (unpaired) electrons. The summed E-state index contributed by atoms with van der Waals surface area (Å²) in [5.74, 6) is 1.49. The zero-order valence-electron chi connectivity index (χ0n) is 14.2. The fraction of sp³-hybridized carbons (Fsp3) is 0.316. The Balaban J connectivity index is 1.49. The fourth-order valence-corrected chi connectivity index (χ4v) is 2.91. The summed E-state index contributed by atoms with van der Waals surface area (Å²) in [6.45, 7) is 2.99. The third-order valence-electron chi connectivity index (χ3n) is 4.23. The molecule has 6 heteroatoms. The molecule has 1 fully saturated rings. The molecule has 25 heavy (non-hydrogen) atoms. The fourth-order valence-electron chi connectivity index (χ4n) is 2.79. The van der Waals surface area contributed by atoms with Gasteiger partial charge < -0.3 is 19.3 Å². The number of hydrogen-bond acceptors (Lipinski definition) is 4. The Hall–Kier alpha value is -2.40. The van der Waals surface area contributed by atoms with E-state index in [0.717, 1.165) is 24.5 Å². The van der Waals surface area contributed by atoms with E-state index in [-0.39, 0.29) is 12.5 Å². The summed E-state index contributed by atoms with van der Waals surface area (Å²) in [4.78, 5) is 16.4. The van der Waals surface area contributed by atoms with Crippen molar-refractivity contribution < 1.29 is 14.3 Å². The van der Waals surface area contributed by atoms with Crippen LogP contribution in [0.5, 0.6) is 11.5 Å². The molecule has 132 valence electrons. The van der Waals surface area contributed by atoms with E-state index in [2.05, 4.69) is 11.0 Å². The Kier molecular flexibility index (Phi) is 5.66. The van der Waals surface area contributed by atoms with Crippen LogP contribution in [0.25, 0.3) is 0 Å².